The molecule has 2 aromatic rings. The van der Waals surface area contributed by atoms with Crippen molar-refractivity contribution in [1.82, 2.24) is 9.97 Å². The Kier molecular flexibility index (Phi) is 7.79. The van der Waals surface area contributed by atoms with Gasteiger partial charge >= 0.3 is 0 Å². The van der Waals surface area contributed by atoms with Gasteiger partial charge in [0.15, 0.2) is 0 Å². The lowest BCUT2D eigenvalue weighted by Gasteiger charge is -2.10. The van der Waals surface area contributed by atoms with Crippen LogP contribution in [-0.2, 0) is 6.42 Å². The zero-order chi connectivity index (χ0) is 17.2. The second kappa shape index (κ2) is 10.1. The van der Waals surface area contributed by atoms with E-state index < -0.39 is 0 Å². The van der Waals surface area contributed by atoms with E-state index in [0.717, 1.165) is 25.1 Å². The van der Waals surface area contributed by atoms with Crippen molar-refractivity contribution in [3.8, 4) is 0 Å². The van der Waals surface area contributed by atoms with Crippen molar-refractivity contribution in [2.75, 3.05) is 23.7 Å². The molecule has 1 aromatic heterocycles. The highest BCUT2D eigenvalue weighted by Gasteiger charge is 2.05. The quantitative estimate of drug-likeness (QED) is 0.556. The number of rotatable bonds is 10. The van der Waals surface area contributed by atoms with Gasteiger partial charge in [-0.3, -0.25) is 0 Å². The summed E-state index contributed by atoms with van der Waals surface area (Å²) in [7, 11) is 0. The molecule has 5 nitrogen and oxygen atoms in total. The molecule has 1 aromatic carbocycles. The number of hydrogen-bond donors (Lipinski definition) is 3. The minimum Gasteiger partial charge on any atom is -0.369 e. The summed E-state index contributed by atoms with van der Waals surface area (Å²) in [5.74, 6) is 1.15. The van der Waals surface area contributed by atoms with Crippen molar-refractivity contribution in [2.24, 2.45) is 5.73 Å². The summed E-state index contributed by atoms with van der Waals surface area (Å²) < 4.78 is 0. The smallest absolute Gasteiger partial charge is 0.229 e. The Morgan fingerprint density at radius 1 is 1.12 bits per heavy atom. The highest BCUT2D eigenvalue weighted by molar-refractivity contribution is 6.32. The van der Waals surface area contributed by atoms with Gasteiger partial charge in [0.1, 0.15) is 10.8 Å². The number of aryl methyl sites for hydroxylation is 1. The van der Waals surface area contributed by atoms with E-state index in [1.807, 2.05) is 0 Å². The molecule has 24 heavy (non-hydrogen) atoms. The largest absolute Gasteiger partial charge is 0.369 e. The summed E-state index contributed by atoms with van der Waals surface area (Å²) in [4.78, 5) is 8.64. The van der Waals surface area contributed by atoms with Crippen LogP contribution in [0.25, 0.3) is 0 Å². The summed E-state index contributed by atoms with van der Waals surface area (Å²) in [6.07, 6.45) is 7.35. The molecule has 0 bridgehead atoms. The Morgan fingerprint density at radius 2 is 1.92 bits per heavy atom. The summed E-state index contributed by atoms with van der Waals surface area (Å²) >= 11 is 6.11. The molecule has 0 fully saturated rings. The van der Waals surface area contributed by atoms with Gasteiger partial charge in [-0.15, -0.1) is 0 Å². The molecule has 0 amide bonds. The third-order valence-corrected chi connectivity index (χ3v) is 3.97. The number of nitrogens with zero attached hydrogens (tertiary/aromatic N) is 2. The van der Waals surface area contributed by atoms with Crippen LogP contribution in [-0.4, -0.2) is 23.1 Å². The van der Waals surface area contributed by atoms with Gasteiger partial charge in [-0.2, -0.15) is 4.98 Å². The summed E-state index contributed by atoms with van der Waals surface area (Å²) in [6, 6.07) is 8.41. The summed E-state index contributed by atoms with van der Waals surface area (Å²) in [5.41, 5.74) is 7.81. The Hall–Kier alpha value is -1.85. The van der Waals surface area contributed by atoms with Crippen LogP contribution < -0.4 is 16.4 Å². The monoisotopic (exact) mass is 347 g/mol. The Balaban J connectivity index is 1.96. The maximum absolute atomic E-state index is 6.11. The predicted molar refractivity (Wildman–Crippen MR) is 102 cm³/mol. The average molecular weight is 348 g/mol. The van der Waals surface area contributed by atoms with Crippen LogP contribution in [0.15, 0.2) is 30.5 Å². The molecule has 6 heteroatoms. The molecule has 0 aliphatic rings. The molecule has 130 valence electrons. The second-order valence-electron chi connectivity index (χ2n) is 5.74. The number of aromatic nitrogens is 2. The second-order valence-corrected chi connectivity index (χ2v) is 6.15. The van der Waals surface area contributed by atoms with Crippen LogP contribution in [0.2, 0.25) is 5.02 Å². The number of benzene rings is 1. The van der Waals surface area contributed by atoms with Gasteiger partial charge in [0, 0.05) is 12.2 Å². The molecule has 0 spiro atoms. The van der Waals surface area contributed by atoms with Crippen molar-refractivity contribution in [3.63, 3.8) is 0 Å². The van der Waals surface area contributed by atoms with E-state index in [9.17, 15) is 0 Å². The van der Waals surface area contributed by atoms with Gasteiger partial charge in [-0.05, 0) is 43.5 Å². The molecule has 0 saturated carbocycles. The molecular weight excluding hydrogens is 322 g/mol. The Bertz CT molecular complexity index is 615. The number of nitrogens with one attached hydrogen (secondary N) is 2. The highest BCUT2D eigenvalue weighted by Crippen LogP contribution is 2.21. The van der Waals surface area contributed by atoms with Crippen LogP contribution in [0.1, 0.15) is 38.2 Å². The lowest BCUT2D eigenvalue weighted by molar-refractivity contribution is 0.717. The molecule has 4 N–H and O–H groups in total. The summed E-state index contributed by atoms with van der Waals surface area (Å²) in [6.45, 7) is 3.59. The molecular formula is C18H26ClN5. The van der Waals surface area contributed by atoms with E-state index in [-0.39, 0.29) is 0 Å². The van der Waals surface area contributed by atoms with Crippen LogP contribution in [0.5, 0.6) is 0 Å². The van der Waals surface area contributed by atoms with Crippen molar-refractivity contribution in [1.29, 1.82) is 0 Å². The van der Waals surface area contributed by atoms with E-state index >= 15 is 0 Å². The van der Waals surface area contributed by atoms with E-state index in [1.54, 1.807) is 6.20 Å². The molecule has 0 aliphatic carbocycles. The first kappa shape index (κ1) is 18.5. The topological polar surface area (TPSA) is 75.9 Å². The third-order valence-electron chi connectivity index (χ3n) is 3.70. The minimum atomic E-state index is 0.504. The van der Waals surface area contributed by atoms with Crippen LogP contribution in [0.4, 0.5) is 17.5 Å². The van der Waals surface area contributed by atoms with Gasteiger partial charge in [0.2, 0.25) is 5.95 Å². The Labute approximate surface area is 149 Å². The van der Waals surface area contributed by atoms with Crippen LogP contribution in [0, 0.1) is 0 Å². The van der Waals surface area contributed by atoms with Crippen LogP contribution in [0.3, 0.4) is 0 Å². The molecule has 0 aliphatic heterocycles. The number of nitrogens with two attached hydrogens (primary N) is 1. The number of hydrogen-bond acceptors (Lipinski definition) is 5. The molecule has 0 radical (unpaired) electrons. The number of halogens is 1. The normalized spacial score (nSPS) is 10.6. The maximum atomic E-state index is 6.11. The Morgan fingerprint density at radius 3 is 2.62 bits per heavy atom. The third kappa shape index (κ3) is 5.98. The zero-order valence-electron chi connectivity index (χ0n) is 14.2. The average Bonchev–Trinajstić information content (AvgIpc) is 2.59. The fourth-order valence-electron chi connectivity index (χ4n) is 2.32. The fraction of sp³-hybridized carbons (Fsp3) is 0.444. The van der Waals surface area contributed by atoms with E-state index in [2.05, 4.69) is 51.8 Å². The van der Waals surface area contributed by atoms with E-state index in [1.165, 1.54) is 24.8 Å². The molecule has 0 saturated heterocycles. The van der Waals surface area contributed by atoms with Gasteiger partial charge in [0.25, 0.3) is 0 Å². The van der Waals surface area contributed by atoms with Crippen molar-refractivity contribution in [2.45, 2.75) is 39.0 Å². The van der Waals surface area contributed by atoms with Gasteiger partial charge in [-0.25, -0.2) is 4.98 Å². The predicted octanol–water partition coefficient (Wildman–Crippen LogP) is 4.37. The molecule has 1 heterocycles. The molecule has 0 unspecified atom stereocenters. The first-order valence-electron chi connectivity index (χ1n) is 8.55. The van der Waals surface area contributed by atoms with Crippen molar-refractivity contribution in [3.05, 3.63) is 41.0 Å². The zero-order valence-corrected chi connectivity index (χ0v) is 14.9. The van der Waals surface area contributed by atoms with Crippen LogP contribution >= 0.6 is 11.6 Å². The summed E-state index contributed by atoms with van der Waals surface area (Å²) in [5, 5.41) is 6.89. The van der Waals surface area contributed by atoms with Crippen molar-refractivity contribution < 1.29 is 0 Å². The molecule has 0 atom stereocenters. The maximum Gasteiger partial charge on any atom is 0.229 e. The molecule has 2 rings (SSSR count). The van der Waals surface area contributed by atoms with E-state index in [4.69, 9.17) is 17.3 Å². The fourth-order valence-corrected chi connectivity index (χ4v) is 2.48. The van der Waals surface area contributed by atoms with Gasteiger partial charge < -0.3 is 16.4 Å². The highest BCUT2D eigenvalue weighted by atomic mass is 35.5. The van der Waals surface area contributed by atoms with Crippen molar-refractivity contribution >= 4 is 29.1 Å². The first-order valence-corrected chi connectivity index (χ1v) is 8.93. The minimum absolute atomic E-state index is 0.504. The van der Waals surface area contributed by atoms with E-state index in [0.29, 0.717) is 23.3 Å². The number of anilines is 3. The lowest BCUT2D eigenvalue weighted by atomic mass is 10.1. The number of unbranched alkanes of at least 4 members (excludes halogenated alkanes) is 2. The van der Waals surface area contributed by atoms with Gasteiger partial charge in [0.05, 0.1) is 6.20 Å². The van der Waals surface area contributed by atoms with Gasteiger partial charge in [-0.1, -0.05) is 43.5 Å². The standard InChI is InChI=1S/C18H26ClN5/c1-2-3-4-6-14-7-9-15(10-8-14)23-18-22-13-16(19)17(24-18)21-12-5-11-20/h7-10,13H,2-6,11-12,20H2,1H3,(H2,21,22,23,24). The lowest BCUT2D eigenvalue weighted by Crippen LogP contribution is -2.10. The first-order chi connectivity index (χ1) is 11.7. The SMILES string of the molecule is CCCCCc1ccc(Nc2ncc(Cl)c(NCCCN)n2)cc1.